The van der Waals surface area contributed by atoms with Gasteiger partial charge in [-0.2, -0.15) is 0 Å². The molecule has 0 aliphatic heterocycles. The van der Waals surface area contributed by atoms with Crippen LogP contribution in [0.15, 0.2) is 24.3 Å². The lowest BCUT2D eigenvalue weighted by molar-refractivity contribution is 0.0595. The maximum absolute atomic E-state index is 11.3. The van der Waals surface area contributed by atoms with Gasteiger partial charge in [0.15, 0.2) is 5.82 Å². The first kappa shape index (κ1) is 12.1. The van der Waals surface area contributed by atoms with E-state index in [-0.39, 0.29) is 11.5 Å². The number of rotatable bonds is 3. The van der Waals surface area contributed by atoms with Crippen molar-refractivity contribution in [3.63, 3.8) is 0 Å². The zero-order chi connectivity index (χ0) is 13.1. The summed E-state index contributed by atoms with van der Waals surface area (Å²) in [4.78, 5) is 11.3. The Bertz CT molecular complexity index is 560. The average molecular weight is 246 g/mol. The first-order chi connectivity index (χ1) is 8.61. The van der Waals surface area contributed by atoms with E-state index in [9.17, 15) is 4.79 Å². The Morgan fingerprint density at radius 3 is 2.67 bits per heavy atom. The zero-order valence-electron chi connectivity index (χ0n) is 10.3. The molecule has 0 radical (unpaired) electrons. The van der Waals surface area contributed by atoms with Crippen LogP contribution in [0.4, 0.5) is 5.82 Å². The Hall–Kier alpha value is -2.37. The van der Waals surface area contributed by atoms with E-state index in [0.29, 0.717) is 6.54 Å². The number of nitrogen functional groups attached to an aromatic ring is 1. The van der Waals surface area contributed by atoms with Crippen molar-refractivity contribution in [2.75, 3.05) is 12.8 Å². The second kappa shape index (κ2) is 4.87. The number of aromatic nitrogens is 3. The van der Waals surface area contributed by atoms with Crippen LogP contribution in [0, 0.1) is 6.92 Å². The number of aryl methyl sites for hydroxylation is 1. The van der Waals surface area contributed by atoms with E-state index in [0.717, 1.165) is 5.56 Å². The van der Waals surface area contributed by atoms with E-state index in [4.69, 9.17) is 5.73 Å². The third-order valence-corrected chi connectivity index (χ3v) is 2.61. The van der Waals surface area contributed by atoms with Crippen LogP contribution in [0.3, 0.4) is 0 Å². The normalized spacial score (nSPS) is 10.3. The number of hydrogen-bond acceptors (Lipinski definition) is 5. The molecule has 0 unspecified atom stereocenters. The lowest BCUT2D eigenvalue weighted by Gasteiger charge is -2.04. The first-order valence-corrected chi connectivity index (χ1v) is 5.44. The summed E-state index contributed by atoms with van der Waals surface area (Å²) >= 11 is 0. The number of carbonyl (C=O) groups is 1. The van der Waals surface area contributed by atoms with E-state index in [1.807, 2.05) is 31.2 Å². The number of anilines is 1. The fraction of sp³-hybridized carbons (Fsp3) is 0.250. The molecule has 2 rings (SSSR count). The topological polar surface area (TPSA) is 83.0 Å². The van der Waals surface area contributed by atoms with Crippen molar-refractivity contribution < 1.29 is 9.53 Å². The average Bonchev–Trinajstić information content (AvgIpc) is 2.73. The maximum atomic E-state index is 11.3. The third kappa shape index (κ3) is 2.32. The van der Waals surface area contributed by atoms with Gasteiger partial charge in [0.2, 0.25) is 5.69 Å². The van der Waals surface area contributed by atoms with E-state index in [1.54, 1.807) is 0 Å². The Kier molecular flexibility index (Phi) is 3.27. The van der Waals surface area contributed by atoms with Gasteiger partial charge in [0, 0.05) is 0 Å². The summed E-state index contributed by atoms with van der Waals surface area (Å²) < 4.78 is 6.03. The van der Waals surface area contributed by atoms with E-state index in [1.165, 1.54) is 17.4 Å². The minimum Gasteiger partial charge on any atom is -0.464 e. The van der Waals surface area contributed by atoms with Crippen LogP contribution in [-0.4, -0.2) is 28.1 Å². The largest absolute Gasteiger partial charge is 0.464 e. The van der Waals surface area contributed by atoms with Gasteiger partial charge in [-0.05, 0) is 12.5 Å². The molecule has 0 aliphatic rings. The van der Waals surface area contributed by atoms with Crippen molar-refractivity contribution in [1.29, 1.82) is 0 Å². The van der Waals surface area contributed by atoms with Crippen molar-refractivity contribution in [1.82, 2.24) is 15.0 Å². The molecule has 0 atom stereocenters. The third-order valence-electron chi connectivity index (χ3n) is 2.61. The standard InChI is InChI=1S/C12H14N4O2/c1-8-3-5-9(6-4-8)7-16-11(13)10(14-15-16)12(17)18-2/h3-6H,7,13H2,1-2H3. The predicted octanol–water partition coefficient (Wildman–Crippen LogP) is 1.00. The van der Waals surface area contributed by atoms with E-state index in [2.05, 4.69) is 15.0 Å². The number of benzene rings is 1. The number of nitrogens with zero attached hydrogens (tertiary/aromatic N) is 3. The molecule has 1 aromatic heterocycles. The summed E-state index contributed by atoms with van der Waals surface area (Å²) in [6, 6.07) is 7.97. The quantitative estimate of drug-likeness (QED) is 0.817. The van der Waals surface area contributed by atoms with Crippen molar-refractivity contribution in [3.8, 4) is 0 Å². The van der Waals surface area contributed by atoms with Crippen LogP contribution in [0.5, 0.6) is 0 Å². The molecule has 6 heteroatoms. The van der Waals surface area contributed by atoms with Crippen LogP contribution in [0.1, 0.15) is 21.6 Å². The molecular weight excluding hydrogens is 232 g/mol. The highest BCUT2D eigenvalue weighted by Crippen LogP contribution is 2.12. The summed E-state index contributed by atoms with van der Waals surface area (Å²) in [5.41, 5.74) is 8.06. The predicted molar refractivity (Wildman–Crippen MR) is 66.1 cm³/mol. The highest BCUT2D eigenvalue weighted by atomic mass is 16.5. The SMILES string of the molecule is COC(=O)c1nnn(Cc2ccc(C)cc2)c1N. The minimum absolute atomic E-state index is 0.0459. The van der Waals surface area contributed by atoms with Crippen LogP contribution in [0.2, 0.25) is 0 Å². The lowest BCUT2D eigenvalue weighted by Crippen LogP contribution is -2.09. The van der Waals surface area contributed by atoms with Gasteiger partial charge in [0.25, 0.3) is 0 Å². The van der Waals surface area contributed by atoms with Crippen LogP contribution < -0.4 is 5.73 Å². The monoisotopic (exact) mass is 246 g/mol. The van der Waals surface area contributed by atoms with Gasteiger partial charge in [0.05, 0.1) is 13.7 Å². The van der Waals surface area contributed by atoms with Gasteiger partial charge < -0.3 is 10.5 Å². The molecule has 0 saturated carbocycles. The highest BCUT2D eigenvalue weighted by molar-refractivity contribution is 5.91. The zero-order valence-corrected chi connectivity index (χ0v) is 10.3. The van der Waals surface area contributed by atoms with Gasteiger partial charge >= 0.3 is 5.97 Å². The smallest absolute Gasteiger partial charge is 0.362 e. The van der Waals surface area contributed by atoms with Crippen LogP contribution >= 0.6 is 0 Å². The number of esters is 1. The second-order valence-electron chi connectivity index (χ2n) is 3.96. The summed E-state index contributed by atoms with van der Waals surface area (Å²) in [5.74, 6) is -0.370. The van der Waals surface area contributed by atoms with Gasteiger partial charge in [-0.1, -0.05) is 35.0 Å². The Morgan fingerprint density at radius 2 is 2.06 bits per heavy atom. The molecule has 2 aromatic rings. The summed E-state index contributed by atoms with van der Waals surface area (Å²) in [5, 5.41) is 7.56. The fourth-order valence-electron chi connectivity index (χ4n) is 1.55. The second-order valence-corrected chi connectivity index (χ2v) is 3.96. The summed E-state index contributed by atoms with van der Waals surface area (Å²) in [6.07, 6.45) is 0. The van der Waals surface area contributed by atoms with Crippen molar-refractivity contribution >= 4 is 11.8 Å². The molecule has 1 heterocycles. The molecule has 0 saturated heterocycles. The van der Waals surface area contributed by atoms with Gasteiger partial charge in [-0.3, -0.25) is 0 Å². The van der Waals surface area contributed by atoms with Gasteiger partial charge in [-0.25, -0.2) is 9.48 Å². The summed E-state index contributed by atoms with van der Waals surface area (Å²) in [7, 11) is 1.28. The molecule has 1 aromatic carbocycles. The summed E-state index contributed by atoms with van der Waals surface area (Å²) in [6.45, 7) is 2.49. The van der Waals surface area contributed by atoms with Gasteiger partial charge in [-0.15, -0.1) is 5.10 Å². The fourth-order valence-corrected chi connectivity index (χ4v) is 1.55. The Labute approximate surface area is 104 Å². The number of nitrogens with two attached hydrogens (primary N) is 1. The van der Waals surface area contributed by atoms with Crippen LogP contribution in [0.25, 0.3) is 0 Å². The first-order valence-electron chi connectivity index (χ1n) is 5.44. The number of methoxy groups -OCH3 is 1. The highest BCUT2D eigenvalue weighted by Gasteiger charge is 2.17. The van der Waals surface area contributed by atoms with Crippen LogP contribution in [-0.2, 0) is 11.3 Å². The molecule has 0 spiro atoms. The lowest BCUT2D eigenvalue weighted by atomic mass is 10.1. The molecule has 2 N–H and O–H groups in total. The number of carbonyl (C=O) groups excluding carboxylic acids is 1. The van der Waals surface area contributed by atoms with Crippen molar-refractivity contribution in [2.45, 2.75) is 13.5 Å². The molecule has 0 aliphatic carbocycles. The maximum Gasteiger partial charge on any atom is 0.362 e. The molecule has 0 amide bonds. The molecule has 0 bridgehead atoms. The molecule has 6 nitrogen and oxygen atoms in total. The Morgan fingerprint density at radius 1 is 1.39 bits per heavy atom. The van der Waals surface area contributed by atoms with Crippen molar-refractivity contribution in [2.24, 2.45) is 0 Å². The van der Waals surface area contributed by atoms with Gasteiger partial charge in [0.1, 0.15) is 0 Å². The molecule has 0 fully saturated rings. The number of hydrogen-bond donors (Lipinski definition) is 1. The minimum atomic E-state index is -0.581. The van der Waals surface area contributed by atoms with Crippen molar-refractivity contribution in [3.05, 3.63) is 41.1 Å². The molecule has 94 valence electrons. The Balaban J connectivity index is 2.22. The van der Waals surface area contributed by atoms with E-state index >= 15 is 0 Å². The molecular formula is C12H14N4O2. The molecule has 18 heavy (non-hydrogen) atoms. The van der Waals surface area contributed by atoms with E-state index < -0.39 is 5.97 Å². The number of ether oxygens (including phenoxy) is 1.